The summed E-state index contributed by atoms with van der Waals surface area (Å²) in [4.78, 5) is 26.6. The summed E-state index contributed by atoms with van der Waals surface area (Å²) in [6, 6.07) is 14.7. The highest BCUT2D eigenvalue weighted by atomic mass is 16.5. The number of benzene rings is 2. The first-order valence-electron chi connectivity index (χ1n) is 9.55. The topological polar surface area (TPSA) is 102 Å². The maximum Gasteiger partial charge on any atom is 0.274 e. The first-order chi connectivity index (χ1) is 14.0. The molecule has 3 rings (SSSR count). The summed E-state index contributed by atoms with van der Waals surface area (Å²) >= 11 is 0. The maximum atomic E-state index is 13.2. The highest BCUT2D eigenvalue weighted by Gasteiger charge is 2.23. The van der Waals surface area contributed by atoms with E-state index < -0.39 is 12.1 Å². The second kappa shape index (κ2) is 9.36. The van der Waals surface area contributed by atoms with Gasteiger partial charge in [0.2, 0.25) is 0 Å². The van der Waals surface area contributed by atoms with E-state index >= 15 is 0 Å². The van der Waals surface area contributed by atoms with Gasteiger partial charge in [0.25, 0.3) is 11.8 Å². The third-order valence-electron chi connectivity index (χ3n) is 4.80. The molecule has 2 aromatic carbocycles. The lowest BCUT2D eigenvalue weighted by Crippen LogP contribution is -2.38. The molecule has 0 aliphatic carbocycles. The lowest BCUT2D eigenvalue weighted by Gasteiger charge is -2.24. The average molecular weight is 395 g/mol. The van der Waals surface area contributed by atoms with Crippen LogP contribution >= 0.6 is 0 Å². The van der Waals surface area contributed by atoms with Crippen LogP contribution in [0, 0.1) is 0 Å². The molecule has 29 heavy (non-hydrogen) atoms. The minimum absolute atomic E-state index is 0.195. The van der Waals surface area contributed by atoms with Crippen LogP contribution in [0.15, 0.2) is 54.2 Å². The Morgan fingerprint density at radius 3 is 2.59 bits per heavy atom. The molecule has 4 N–H and O–H groups in total. The van der Waals surface area contributed by atoms with E-state index in [1.807, 2.05) is 36.4 Å². The van der Waals surface area contributed by atoms with Crippen LogP contribution in [-0.2, 0) is 17.8 Å². The Morgan fingerprint density at radius 1 is 1.14 bits per heavy atom. The zero-order valence-electron chi connectivity index (χ0n) is 16.3. The fourth-order valence-corrected chi connectivity index (χ4v) is 3.41. The summed E-state index contributed by atoms with van der Waals surface area (Å²) in [5.74, 6) is -0.751. The van der Waals surface area contributed by atoms with E-state index in [1.54, 1.807) is 35.5 Å². The van der Waals surface area contributed by atoms with Crippen molar-refractivity contribution in [1.82, 2.24) is 15.7 Å². The fraction of sp³-hybridized carbons (Fsp3) is 0.273. The van der Waals surface area contributed by atoms with Gasteiger partial charge in [0.1, 0.15) is 11.9 Å². The van der Waals surface area contributed by atoms with Crippen molar-refractivity contribution >= 4 is 17.9 Å². The van der Waals surface area contributed by atoms with E-state index in [2.05, 4.69) is 5.32 Å². The molecule has 0 saturated carbocycles. The van der Waals surface area contributed by atoms with E-state index in [4.69, 9.17) is 5.21 Å². The minimum Gasteiger partial charge on any atom is -0.374 e. The van der Waals surface area contributed by atoms with Crippen molar-refractivity contribution in [3.63, 3.8) is 0 Å². The molecule has 0 fully saturated rings. The van der Waals surface area contributed by atoms with E-state index in [0.717, 1.165) is 29.5 Å². The summed E-state index contributed by atoms with van der Waals surface area (Å²) in [7, 11) is 0. The molecule has 0 spiro atoms. The van der Waals surface area contributed by atoms with Crippen LogP contribution in [0.5, 0.6) is 0 Å². The van der Waals surface area contributed by atoms with Crippen molar-refractivity contribution in [2.24, 2.45) is 0 Å². The number of nitrogens with zero attached hydrogens (tertiary/aromatic N) is 1. The van der Waals surface area contributed by atoms with Crippen molar-refractivity contribution < 1.29 is 19.9 Å². The van der Waals surface area contributed by atoms with E-state index in [0.29, 0.717) is 24.4 Å². The van der Waals surface area contributed by atoms with Crippen LogP contribution in [0.1, 0.15) is 40.4 Å². The largest absolute Gasteiger partial charge is 0.374 e. The highest BCUT2D eigenvalue weighted by molar-refractivity contribution is 5.97. The van der Waals surface area contributed by atoms with Gasteiger partial charge in [-0.2, -0.15) is 0 Å². The Morgan fingerprint density at radius 2 is 1.90 bits per heavy atom. The molecule has 1 aliphatic heterocycles. The van der Waals surface area contributed by atoms with Crippen LogP contribution in [0.25, 0.3) is 6.08 Å². The van der Waals surface area contributed by atoms with E-state index in [1.165, 1.54) is 0 Å². The number of hydroxylamine groups is 1. The van der Waals surface area contributed by atoms with Gasteiger partial charge >= 0.3 is 0 Å². The first kappa shape index (κ1) is 20.6. The number of fused-ring (bicyclic) bond motifs is 1. The van der Waals surface area contributed by atoms with Crippen molar-refractivity contribution in [1.29, 1.82) is 0 Å². The number of aliphatic hydroxyl groups excluding tert-OH is 1. The monoisotopic (exact) mass is 395 g/mol. The third kappa shape index (κ3) is 5.22. The quantitative estimate of drug-likeness (QED) is 0.269. The molecule has 1 aliphatic rings. The smallest absolute Gasteiger partial charge is 0.274 e. The second-order valence-corrected chi connectivity index (χ2v) is 7.04. The van der Waals surface area contributed by atoms with Gasteiger partial charge in [-0.3, -0.25) is 14.8 Å². The second-order valence-electron chi connectivity index (χ2n) is 7.04. The molecule has 0 saturated heterocycles. The van der Waals surface area contributed by atoms with Crippen molar-refractivity contribution in [3.05, 3.63) is 76.5 Å². The first-order valence-corrected chi connectivity index (χ1v) is 9.55. The van der Waals surface area contributed by atoms with Gasteiger partial charge in [0, 0.05) is 18.7 Å². The van der Waals surface area contributed by atoms with Crippen LogP contribution in [0.3, 0.4) is 0 Å². The summed E-state index contributed by atoms with van der Waals surface area (Å²) in [6.07, 6.45) is 2.34. The van der Waals surface area contributed by atoms with Crippen molar-refractivity contribution in [2.75, 3.05) is 6.54 Å². The zero-order chi connectivity index (χ0) is 20.8. The number of nitrogens with one attached hydrogen (secondary N) is 2. The van der Waals surface area contributed by atoms with Gasteiger partial charge in [0.15, 0.2) is 0 Å². The van der Waals surface area contributed by atoms with Gasteiger partial charge in [0.05, 0.1) is 0 Å². The number of rotatable bonds is 5. The third-order valence-corrected chi connectivity index (χ3v) is 4.80. The van der Waals surface area contributed by atoms with Crippen LogP contribution in [-0.4, -0.2) is 39.8 Å². The minimum atomic E-state index is -0.868. The molecule has 2 amide bonds. The van der Waals surface area contributed by atoms with E-state index in [-0.39, 0.29) is 5.91 Å². The molecule has 2 aromatic rings. The number of carbonyl (C=O) groups excluding carboxylic acids is 2. The molecule has 1 heterocycles. The number of aryl methyl sites for hydroxylation is 1. The van der Waals surface area contributed by atoms with E-state index in [9.17, 15) is 14.7 Å². The normalized spacial score (nSPS) is 15.1. The summed E-state index contributed by atoms with van der Waals surface area (Å²) in [5, 5.41) is 21.5. The Bertz CT molecular complexity index is 910. The summed E-state index contributed by atoms with van der Waals surface area (Å²) in [6.45, 7) is 2.53. The van der Waals surface area contributed by atoms with Gasteiger partial charge in [-0.05, 0) is 54.7 Å². The molecule has 7 heteroatoms. The maximum absolute atomic E-state index is 13.2. The Kier molecular flexibility index (Phi) is 6.64. The fourth-order valence-electron chi connectivity index (χ4n) is 3.41. The predicted molar refractivity (Wildman–Crippen MR) is 109 cm³/mol. The molecule has 0 radical (unpaired) electrons. The summed E-state index contributed by atoms with van der Waals surface area (Å²) in [5.41, 5.74) is 5.15. The number of carbonyl (C=O) groups is 2. The molecular weight excluding hydrogens is 370 g/mol. The average Bonchev–Trinajstić information content (AvgIpc) is 2.94. The standard InChI is InChI=1S/C22H25N3O4/c1-15(26)23-20(12-16-6-3-2-4-7-16)22(28)25-11-5-8-17-13-18(21(27)24-29)9-10-19(17)14-25/h2-4,6-7,9-10,12-13,15,23,26,29H,5,8,11,14H2,1H3,(H,24,27)/b20-12-. The van der Waals surface area contributed by atoms with Gasteiger partial charge in [-0.1, -0.05) is 36.4 Å². The molecule has 1 unspecified atom stereocenters. The number of hydrogen-bond donors (Lipinski definition) is 4. The molecular formula is C22H25N3O4. The SMILES string of the molecule is CC(O)N/C(=C\c1ccccc1)C(=O)N1CCCc2cc(C(=O)NO)ccc2C1. The van der Waals surface area contributed by atoms with Gasteiger partial charge in [-0.15, -0.1) is 0 Å². The zero-order valence-corrected chi connectivity index (χ0v) is 16.3. The number of amides is 2. The van der Waals surface area contributed by atoms with Crippen molar-refractivity contribution in [2.45, 2.75) is 32.5 Å². The van der Waals surface area contributed by atoms with Crippen molar-refractivity contribution in [3.8, 4) is 0 Å². The number of aliphatic hydroxyl groups is 1. The van der Waals surface area contributed by atoms with Crippen LogP contribution < -0.4 is 10.8 Å². The molecule has 0 bridgehead atoms. The predicted octanol–water partition coefficient (Wildman–Crippen LogP) is 2.05. The molecule has 152 valence electrons. The summed E-state index contributed by atoms with van der Waals surface area (Å²) < 4.78 is 0. The Balaban J connectivity index is 1.85. The lowest BCUT2D eigenvalue weighted by atomic mass is 10.0. The molecule has 7 nitrogen and oxygen atoms in total. The Hall–Kier alpha value is -3.16. The Labute approximate surface area is 169 Å². The van der Waals surface area contributed by atoms with Crippen LogP contribution in [0.4, 0.5) is 0 Å². The molecule has 1 atom stereocenters. The molecule has 0 aromatic heterocycles. The van der Waals surface area contributed by atoms with Gasteiger partial charge < -0.3 is 15.3 Å². The lowest BCUT2D eigenvalue weighted by molar-refractivity contribution is -0.128. The highest BCUT2D eigenvalue weighted by Crippen LogP contribution is 2.22. The van der Waals surface area contributed by atoms with Crippen LogP contribution in [0.2, 0.25) is 0 Å². The van der Waals surface area contributed by atoms with Gasteiger partial charge in [-0.25, -0.2) is 5.48 Å². The number of hydrogen-bond acceptors (Lipinski definition) is 5.